The van der Waals surface area contributed by atoms with Crippen LogP contribution in [0.15, 0.2) is 24.3 Å². The fraction of sp³-hybridized carbons (Fsp3) is 0.571. The van der Waals surface area contributed by atoms with Gasteiger partial charge in [-0.2, -0.15) is 0 Å². The van der Waals surface area contributed by atoms with Crippen molar-refractivity contribution in [3.8, 4) is 5.75 Å². The number of ether oxygens (including phenoxy) is 1. The highest BCUT2D eigenvalue weighted by atomic mass is 35.5. The quantitative estimate of drug-likeness (QED) is 0.774. The Hall–Kier alpha value is -0.940. The molecule has 2 rings (SSSR count). The summed E-state index contributed by atoms with van der Waals surface area (Å²) in [6, 6.07) is 6.39. The molecule has 112 valence electrons. The van der Waals surface area contributed by atoms with Crippen molar-refractivity contribution in [1.82, 2.24) is 4.90 Å². The molecular formula is C14H17ClF3NO. The lowest BCUT2D eigenvalue weighted by Crippen LogP contribution is -2.40. The average molecular weight is 308 g/mol. The molecule has 1 unspecified atom stereocenters. The van der Waals surface area contributed by atoms with Gasteiger partial charge in [-0.05, 0) is 37.1 Å². The number of hydrogen-bond acceptors (Lipinski definition) is 2. The van der Waals surface area contributed by atoms with Gasteiger partial charge < -0.3 is 4.74 Å². The second kappa shape index (κ2) is 6.68. The molecule has 0 radical (unpaired) electrons. The van der Waals surface area contributed by atoms with Crippen LogP contribution in [-0.2, 0) is 6.54 Å². The van der Waals surface area contributed by atoms with E-state index in [0.717, 1.165) is 24.9 Å². The first kappa shape index (κ1) is 15.4. The number of halogens is 4. The van der Waals surface area contributed by atoms with Crippen LogP contribution in [0.3, 0.4) is 0 Å². The Morgan fingerprint density at radius 2 is 1.90 bits per heavy atom. The van der Waals surface area contributed by atoms with Crippen molar-refractivity contribution in [2.75, 3.05) is 12.4 Å². The molecule has 1 saturated heterocycles. The van der Waals surface area contributed by atoms with Gasteiger partial charge in [-0.25, -0.2) is 0 Å². The molecule has 1 aromatic rings. The highest BCUT2D eigenvalue weighted by molar-refractivity contribution is 6.18. The SMILES string of the molecule is FC(F)(F)Oc1ccc(CN2CCCCC2CCl)cc1. The molecule has 20 heavy (non-hydrogen) atoms. The van der Waals surface area contributed by atoms with E-state index in [-0.39, 0.29) is 5.75 Å². The summed E-state index contributed by atoms with van der Waals surface area (Å²) in [4.78, 5) is 2.29. The number of nitrogens with zero attached hydrogens (tertiary/aromatic N) is 1. The summed E-state index contributed by atoms with van der Waals surface area (Å²) >= 11 is 5.95. The van der Waals surface area contributed by atoms with Gasteiger partial charge in [0.1, 0.15) is 5.75 Å². The molecule has 1 heterocycles. The van der Waals surface area contributed by atoms with Crippen LogP contribution in [0.1, 0.15) is 24.8 Å². The third-order valence-corrected chi connectivity index (χ3v) is 3.83. The van der Waals surface area contributed by atoms with Gasteiger partial charge >= 0.3 is 6.36 Å². The largest absolute Gasteiger partial charge is 0.573 e. The van der Waals surface area contributed by atoms with E-state index in [1.807, 2.05) is 0 Å². The molecule has 0 amide bonds. The minimum Gasteiger partial charge on any atom is -0.406 e. The van der Waals surface area contributed by atoms with E-state index in [0.29, 0.717) is 18.5 Å². The maximum absolute atomic E-state index is 12.1. The maximum Gasteiger partial charge on any atom is 0.573 e. The summed E-state index contributed by atoms with van der Waals surface area (Å²) in [5.74, 6) is 0.406. The summed E-state index contributed by atoms with van der Waals surface area (Å²) in [5.41, 5.74) is 0.969. The van der Waals surface area contributed by atoms with Gasteiger partial charge in [0, 0.05) is 18.5 Å². The van der Waals surface area contributed by atoms with Gasteiger partial charge in [-0.3, -0.25) is 4.90 Å². The predicted molar refractivity (Wildman–Crippen MR) is 71.9 cm³/mol. The van der Waals surface area contributed by atoms with Crippen LogP contribution >= 0.6 is 11.6 Å². The lowest BCUT2D eigenvalue weighted by molar-refractivity contribution is -0.274. The Balaban J connectivity index is 1.96. The van der Waals surface area contributed by atoms with Crippen molar-refractivity contribution in [2.45, 2.75) is 38.2 Å². The Kier molecular flexibility index (Phi) is 5.16. The van der Waals surface area contributed by atoms with Crippen molar-refractivity contribution in [2.24, 2.45) is 0 Å². The lowest BCUT2D eigenvalue weighted by Gasteiger charge is -2.34. The van der Waals surface area contributed by atoms with E-state index in [4.69, 9.17) is 11.6 Å². The lowest BCUT2D eigenvalue weighted by atomic mass is 10.0. The molecular weight excluding hydrogens is 291 g/mol. The number of likely N-dealkylation sites (tertiary alicyclic amines) is 1. The normalized spacial score (nSPS) is 20.9. The summed E-state index contributed by atoms with van der Waals surface area (Å²) in [6.45, 7) is 1.70. The van der Waals surface area contributed by atoms with Gasteiger partial charge in [-0.1, -0.05) is 18.6 Å². The molecule has 1 atom stereocenters. The van der Waals surface area contributed by atoms with E-state index in [1.54, 1.807) is 12.1 Å². The Morgan fingerprint density at radius 1 is 1.20 bits per heavy atom. The van der Waals surface area contributed by atoms with Crippen LogP contribution in [0.25, 0.3) is 0 Å². The summed E-state index contributed by atoms with van der Waals surface area (Å²) in [5, 5.41) is 0. The molecule has 0 aromatic heterocycles. The Labute approximate surface area is 121 Å². The average Bonchev–Trinajstić information content (AvgIpc) is 2.40. The standard InChI is InChI=1S/C14H17ClF3NO/c15-9-12-3-1-2-8-19(12)10-11-4-6-13(7-5-11)20-14(16,17)18/h4-7,12H,1-3,8-10H2. The molecule has 0 bridgehead atoms. The summed E-state index contributed by atoms with van der Waals surface area (Å²) in [7, 11) is 0. The van der Waals surface area contributed by atoms with Crippen molar-refractivity contribution >= 4 is 11.6 Å². The smallest absolute Gasteiger partial charge is 0.406 e. The zero-order valence-electron chi connectivity index (χ0n) is 11.0. The monoisotopic (exact) mass is 307 g/mol. The number of piperidine rings is 1. The molecule has 0 aliphatic carbocycles. The maximum atomic E-state index is 12.1. The number of rotatable bonds is 4. The van der Waals surface area contributed by atoms with E-state index in [2.05, 4.69) is 9.64 Å². The van der Waals surface area contributed by atoms with Gasteiger partial charge in [0.25, 0.3) is 0 Å². The van der Waals surface area contributed by atoms with Crippen LogP contribution < -0.4 is 4.74 Å². The van der Waals surface area contributed by atoms with Crippen molar-refractivity contribution < 1.29 is 17.9 Å². The van der Waals surface area contributed by atoms with Crippen LogP contribution in [0.2, 0.25) is 0 Å². The number of hydrogen-bond donors (Lipinski definition) is 0. The molecule has 1 aliphatic heterocycles. The zero-order valence-corrected chi connectivity index (χ0v) is 11.8. The minimum atomic E-state index is -4.64. The van der Waals surface area contributed by atoms with Crippen LogP contribution in [0.5, 0.6) is 5.75 Å². The fourth-order valence-electron chi connectivity index (χ4n) is 2.47. The van der Waals surface area contributed by atoms with E-state index in [9.17, 15) is 13.2 Å². The Morgan fingerprint density at radius 3 is 2.50 bits per heavy atom. The number of benzene rings is 1. The minimum absolute atomic E-state index is 0.186. The van der Waals surface area contributed by atoms with Crippen LogP contribution in [0.4, 0.5) is 13.2 Å². The van der Waals surface area contributed by atoms with Gasteiger partial charge in [0.05, 0.1) is 0 Å². The predicted octanol–water partition coefficient (Wildman–Crippen LogP) is 4.18. The van der Waals surface area contributed by atoms with Gasteiger partial charge in [0.15, 0.2) is 0 Å². The van der Waals surface area contributed by atoms with Crippen LogP contribution in [-0.4, -0.2) is 29.7 Å². The highest BCUT2D eigenvalue weighted by Crippen LogP contribution is 2.24. The second-order valence-corrected chi connectivity index (χ2v) is 5.27. The first-order valence-electron chi connectivity index (χ1n) is 6.62. The molecule has 6 heteroatoms. The summed E-state index contributed by atoms with van der Waals surface area (Å²) < 4.78 is 40.1. The van der Waals surface area contributed by atoms with Crippen molar-refractivity contribution in [1.29, 1.82) is 0 Å². The fourth-order valence-corrected chi connectivity index (χ4v) is 2.82. The first-order valence-corrected chi connectivity index (χ1v) is 7.16. The molecule has 2 nitrogen and oxygen atoms in total. The molecule has 1 fully saturated rings. The third-order valence-electron chi connectivity index (χ3n) is 3.47. The molecule has 0 spiro atoms. The topological polar surface area (TPSA) is 12.5 Å². The van der Waals surface area contributed by atoms with Gasteiger partial charge in [0.2, 0.25) is 0 Å². The highest BCUT2D eigenvalue weighted by Gasteiger charge is 2.31. The number of alkyl halides is 4. The summed E-state index contributed by atoms with van der Waals surface area (Å²) in [6.07, 6.45) is -1.23. The van der Waals surface area contributed by atoms with Crippen LogP contribution in [0, 0.1) is 0 Å². The molecule has 1 aliphatic rings. The molecule has 0 saturated carbocycles. The van der Waals surface area contributed by atoms with Gasteiger partial charge in [-0.15, -0.1) is 24.8 Å². The Bertz CT molecular complexity index is 421. The third kappa shape index (κ3) is 4.56. The molecule has 0 N–H and O–H groups in total. The van der Waals surface area contributed by atoms with Crippen molar-refractivity contribution in [3.05, 3.63) is 29.8 Å². The van der Waals surface area contributed by atoms with E-state index in [1.165, 1.54) is 18.6 Å². The van der Waals surface area contributed by atoms with Crippen molar-refractivity contribution in [3.63, 3.8) is 0 Å². The first-order chi connectivity index (χ1) is 9.48. The van der Waals surface area contributed by atoms with E-state index < -0.39 is 6.36 Å². The molecule has 1 aromatic carbocycles. The zero-order chi connectivity index (χ0) is 14.6. The second-order valence-electron chi connectivity index (χ2n) is 4.97. The van der Waals surface area contributed by atoms with E-state index >= 15 is 0 Å².